The molecule has 0 N–H and O–H groups in total. The molecule has 1 atom stereocenters. The number of rotatable bonds is 3. The molecule has 20 heavy (non-hydrogen) atoms. The average Bonchev–Trinajstić information content (AvgIpc) is 2.92. The van der Waals surface area contributed by atoms with E-state index in [1.807, 2.05) is 20.8 Å². The summed E-state index contributed by atoms with van der Waals surface area (Å²) in [5, 5.41) is 0. The lowest BCUT2D eigenvalue weighted by Crippen LogP contribution is -2.35. The van der Waals surface area contributed by atoms with Crippen LogP contribution in [0.25, 0.3) is 0 Å². The predicted octanol–water partition coefficient (Wildman–Crippen LogP) is 2.62. The molecular weight excluding hydrogens is 300 g/mol. The molecular formula is C13H19ClN2O3S. The highest BCUT2D eigenvalue weighted by atomic mass is 35.7. The van der Waals surface area contributed by atoms with E-state index in [0.29, 0.717) is 12.2 Å². The Morgan fingerprint density at radius 2 is 2.10 bits per heavy atom. The molecule has 1 aliphatic heterocycles. The van der Waals surface area contributed by atoms with Crippen LogP contribution < -0.4 is 0 Å². The van der Waals surface area contributed by atoms with E-state index in [1.165, 1.54) is 12.3 Å². The standard InChI is InChI=1S/C13H19ClN2O3S/c1-9(2)16-8-11(20(14,18)19)7-12(16)13(17)15-6-4-5-10(15)3/h7-10H,4-6H2,1-3H3. The normalized spacial score (nSPS) is 19.9. The van der Waals surface area contributed by atoms with Crippen LogP contribution in [0.15, 0.2) is 17.2 Å². The van der Waals surface area contributed by atoms with E-state index in [4.69, 9.17) is 10.7 Å². The van der Waals surface area contributed by atoms with Gasteiger partial charge in [-0.1, -0.05) is 0 Å². The van der Waals surface area contributed by atoms with Crippen molar-refractivity contribution in [3.05, 3.63) is 18.0 Å². The van der Waals surface area contributed by atoms with Gasteiger partial charge in [0.05, 0.1) is 0 Å². The fourth-order valence-electron chi connectivity index (χ4n) is 2.57. The second-order valence-electron chi connectivity index (χ2n) is 5.49. The molecule has 2 heterocycles. The van der Waals surface area contributed by atoms with Gasteiger partial charge < -0.3 is 9.47 Å². The maximum atomic E-state index is 12.6. The molecule has 0 aromatic carbocycles. The fourth-order valence-corrected chi connectivity index (χ4v) is 3.31. The minimum Gasteiger partial charge on any atom is -0.340 e. The first-order valence-corrected chi connectivity index (χ1v) is 9.00. The van der Waals surface area contributed by atoms with Crippen LogP contribution in [0.3, 0.4) is 0 Å². The van der Waals surface area contributed by atoms with Crippen molar-refractivity contribution in [2.75, 3.05) is 6.54 Å². The fraction of sp³-hybridized carbons (Fsp3) is 0.615. The third-order valence-corrected chi connectivity index (χ3v) is 5.02. The molecule has 1 aromatic heterocycles. The number of aromatic nitrogens is 1. The van der Waals surface area contributed by atoms with Crippen LogP contribution in [-0.4, -0.2) is 36.4 Å². The van der Waals surface area contributed by atoms with Gasteiger partial charge in [0.2, 0.25) is 0 Å². The maximum absolute atomic E-state index is 12.6. The van der Waals surface area contributed by atoms with Crippen molar-refractivity contribution in [2.45, 2.75) is 50.6 Å². The summed E-state index contributed by atoms with van der Waals surface area (Å²) in [6.07, 6.45) is 3.39. The summed E-state index contributed by atoms with van der Waals surface area (Å²) >= 11 is 0. The summed E-state index contributed by atoms with van der Waals surface area (Å²) in [5.41, 5.74) is 0.382. The second-order valence-corrected chi connectivity index (χ2v) is 8.06. The number of likely N-dealkylation sites (tertiary alicyclic amines) is 1. The summed E-state index contributed by atoms with van der Waals surface area (Å²) in [7, 11) is 1.55. The van der Waals surface area contributed by atoms with Gasteiger partial charge in [0.25, 0.3) is 15.0 Å². The van der Waals surface area contributed by atoms with Gasteiger partial charge in [-0.25, -0.2) is 8.42 Å². The van der Waals surface area contributed by atoms with Gasteiger partial charge in [-0.2, -0.15) is 0 Å². The van der Waals surface area contributed by atoms with Crippen molar-refractivity contribution in [3.8, 4) is 0 Å². The largest absolute Gasteiger partial charge is 0.340 e. The molecule has 1 amide bonds. The summed E-state index contributed by atoms with van der Waals surface area (Å²) in [4.78, 5) is 14.4. The quantitative estimate of drug-likeness (QED) is 0.805. The highest BCUT2D eigenvalue weighted by Gasteiger charge is 2.29. The summed E-state index contributed by atoms with van der Waals surface area (Å²) in [6.45, 7) is 6.52. The molecule has 1 aromatic rings. The highest BCUT2D eigenvalue weighted by Crippen LogP contribution is 2.25. The molecule has 0 radical (unpaired) electrons. The lowest BCUT2D eigenvalue weighted by molar-refractivity contribution is 0.0735. The smallest absolute Gasteiger partial charge is 0.270 e. The molecule has 1 fully saturated rings. The van der Waals surface area contributed by atoms with Gasteiger partial charge in [0.1, 0.15) is 10.6 Å². The highest BCUT2D eigenvalue weighted by molar-refractivity contribution is 8.13. The van der Waals surface area contributed by atoms with Gasteiger partial charge in [-0.15, -0.1) is 0 Å². The zero-order valence-electron chi connectivity index (χ0n) is 11.8. The number of hydrogen-bond donors (Lipinski definition) is 0. The van der Waals surface area contributed by atoms with Crippen LogP contribution in [0.1, 0.15) is 50.1 Å². The number of carbonyl (C=O) groups excluding carboxylic acids is 1. The molecule has 0 bridgehead atoms. The molecule has 0 aliphatic carbocycles. The molecule has 1 unspecified atom stereocenters. The number of halogens is 1. The third-order valence-electron chi connectivity index (χ3n) is 3.69. The molecule has 0 spiro atoms. The van der Waals surface area contributed by atoms with Crippen molar-refractivity contribution in [1.29, 1.82) is 0 Å². The van der Waals surface area contributed by atoms with Gasteiger partial charge in [-0.05, 0) is 39.7 Å². The Balaban J connectivity index is 2.44. The molecule has 112 valence electrons. The molecule has 1 saturated heterocycles. The summed E-state index contributed by atoms with van der Waals surface area (Å²) in [6, 6.07) is 1.54. The second kappa shape index (κ2) is 5.41. The van der Waals surface area contributed by atoms with Crippen LogP contribution in [0.5, 0.6) is 0 Å². The van der Waals surface area contributed by atoms with E-state index in [9.17, 15) is 13.2 Å². The summed E-state index contributed by atoms with van der Waals surface area (Å²) < 4.78 is 24.6. The van der Waals surface area contributed by atoms with Crippen molar-refractivity contribution in [2.24, 2.45) is 0 Å². The van der Waals surface area contributed by atoms with Crippen LogP contribution in [0, 0.1) is 0 Å². The Bertz CT molecular complexity index is 622. The van der Waals surface area contributed by atoms with Gasteiger partial charge in [0.15, 0.2) is 0 Å². The van der Waals surface area contributed by atoms with Crippen molar-refractivity contribution in [1.82, 2.24) is 9.47 Å². The molecule has 5 nitrogen and oxygen atoms in total. The van der Waals surface area contributed by atoms with Gasteiger partial charge in [-0.3, -0.25) is 4.79 Å². The van der Waals surface area contributed by atoms with Crippen LogP contribution in [0.2, 0.25) is 0 Å². The molecule has 7 heteroatoms. The van der Waals surface area contributed by atoms with Gasteiger partial charge >= 0.3 is 0 Å². The first-order valence-electron chi connectivity index (χ1n) is 6.69. The van der Waals surface area contributed by atoms with E-state index in [-0.39, 0.29) is 22.9 Å². The Morgan fingerprint density at radius 1 is 1.45 bits per heavy atom. The average molecular weight is 319 g/mol. The topological polar surface area (TPSA) is 59.4 Å². The van der Waals surface area contributed by atoms with E-state index in [2.05, 4.69) is 0 Å². The number of hydrogen-bond acceptors (Lipinski definition) is 3. The SMILES string of the molecule is CC1CCCN1C(=O)c1cc(S(=O)(=O)Cl)cn1C(C)C. The first-order chi connectivity index (χ1) is 9.21. The van der Waals surface area contributed by atoms with Crippen LogP contribution in [0.4, 0.5) is 0 Å². The molecule has 1 aliphatic rings. The Morgan fingerprint density at radius 3 is 2.55 bits per heavy atom. The third kappa shape index (κ3) is 2.86. The maximum Gasteiger partial charge on any atom is 0.270 e. The zero-order chi connectivity index (χ0) is 15.1. The molecule has 0 saturated carbocycles. The van der Waals surface area contributed by atoms with E-state index >= 15 is 0 Å². The Hall–Kier alpha value is -1.01. The number of carbonyl (C=O) groups is 1. The van der Waals surface area contributed by atoms with Gasteiger partial charge in [0, 0.05) is 35.5 Å². The summed E-state index contributed by atoms with van der Waals surface area (Å²) in [5.74, 6) is -0.129. The van der Waals surface area contributed by atoms with Crippen molar-refractivity contribution < 1.29 is 13.2 Å². The first kappa shape index (κ1) is 15.4. The number of amides is 1. The minimum atomic E-state index is -3.83. The minimum absolute atomic E-state index is 0.0148. The molecule has 2 rings (SSSR count). The zero-order valence-corrected chi connectivity index (χ0v) is 13.4. The monoisotopic (exact) mass is 318 g/mol. The predicted molar refractivity (Wildman–Crippen MR) is 77.6 cm³/mol. The van der Waals surface area contributed by atoms with Crippen LogP contribution >= 0.6 is 10.7 Å². The van der Waals surface area contributed by atoms with E-state index < -0.39 is 9.05 Å². The number of nitrogens with zero attached hydrogens (tertiary/aromatic N) is 2. The van der Waals surface area contributed by atoms with E-state index in [1.54, 1.807) is 9.47 Å². The van der Waals surface area contributed by atoms with E-state index in [0.717, 1.165) is 12.8 Å². The Labute approximate surface area is 123 Å². The lowest BCUT2D eigenvalue weighted by Gasteiger charge is -2.23. The van der Waals surface area contributed by atoms with Crippen molar-refractivity contribution in [3.63, 3.8) is 0 Å². The lowest BCUT2D eigenvalue weighted by atomic mass is 10.2. The van der Waals surface area contributed by atoms with Crippen LogP contribution in [-0.2, 0) is 9.05 Å². The Kier molecular flexibility index (Phi) is 4.16. The van der Waals surface area contributed by atoms with Crippen molar-refractivity contribution >= 4 is 25.6 Å².